The number of amides is 1. The van der Waals surface area contributed by atoms with Gasteiger partial charge in [-0.15, -0.1) is 0 Å². The summed E-state index contributed by atoms with van der Waals surface area (Å²) in [5, 5.41) is 0. The summed E-state index contributed by atoms with van der Waals surface area (Å²) in [4.78, 5) is 23.8. The van der Waals surface area contributed by atoms with Crippen molar-refractivity contribution in [2.75, 3.05) is 13.1 Å². The molecule has 1 saturated carbocycles. The third-order valence-corrected chi connectivity index (χ3v) is 5.68. The zero-order valence-electron chi connectivity index (χ0n) is 14.9. The van der Waals surface area contributed by atoms with E-state index in [-0.39, 0.29) is 17.7 Å². The van der Waals surface area contributed by atoms with Crippen LogP contribution in [-0.4, -0.2) is 33.9 Å². The predicted octanol–water partition coefficient (Wildman–Crippen LogP) is 4.18. The van der Waals surface area contributed by atoms with Gasteiger partial charge in [-0.2, -0.15) is 0 Å². The second kappa shape index (κ2) is 7.52. The van der Waals surface area contributed by atoms with E-state index < -0.39 is 0 Å². The summed E-state index contributed by atoms with van der Waals surface area (Å²) in [6, 6.07) is 6.68. The Morgan fingerprint density at radius 2 is 1.81 bits per heavy atom. The summed E-state index contributed by atoms with van der Waals surface area (Å²) < 4.78 is 14.3. The molecule has 26 heavy (non-hydrogen) atoms. The maximum atomic E-state index is 14.3. The standard InChI is InChI=1S/C21H24FN3O/c22-18-10-4-3-9-17(18)20-19(23-11-12-24-20)16-8-5-13-25(14-16)21(26)15-6-1-2-7-15/h3-4,9-12,15-16H,1-2,5-8,13-14H2/t16-/m1/s1. The average Bonchev–Trinajstić information content (AvgIpc) is 3.23. The Hall–Kier alpha value is -2.30. The average molecular weight is 353 g/mol. The highest BCUT2D eigenvalue weighted by molar-refractivity contribution is 5.79. The summed E-state index contributed by atoms with van der Waals surface area (Å²) in [6.07, 6.45) is 9.54. The van der Waals surface area contributed by atoms with Crippen LogP contribution >= 0.6 is 0 Å². The Kier molecular flexibility index (Phi) is 4.96. The monoisotopic (exact) mass is 353 g/mol. The van der Waals surface area contributed by atoms with Crippen molar-refractivity contribution < 1.29 is 9.18 Å². The number of hydrogen-bond acceptors (Lipinski definition) is 3. The van der Waals surface area contributed by atoms with Crippen LogP contribution in [0, 0.1) is 11.7 Å². The zero-order chi connectivity index (χ0) is 17.9. The minimum absolute atomic E-state index is 0.109. The van der Waals surface area contributed by atoms with Crippen molar-refractivity contribution in [2.24, 2.45) is 5.92 Å². The van der Waals surface area contributed by atoms with Gasteiger partial charge < -0.3 is 4.90 Å². The molecule has 2 aromatic rings. The molecule has 5 heteroatoms. The van der Waals surface area contributed by atoms with Crippen molar-refractivity contribution in [1.29, 1.82) is 0 Å². The summed E-state index contributed by atoms with van der Waals surface area (Å²) in [7, 11) is 0. The first-order valence-electron chi connectivity index (χ1n) is 9.58. The van der Waals surface area contributed by atoms with E-state index in [1.165, 1.54) is 6.07 Å². The van der Waals surface area contributed by atoms with Gasteiger partial charge in [-0.3, -0.25) is 14.8 Å². The minimum atomic E-state index is -0.288. The SMILES string of the molecule is O=C(C1CCCC1)N1CCC[C@@H](c2nccnc2-c2ccccc2F)C1. The van der Waals surface area contributed by atoms with Gasteiger partial charge in [0.25, 0.3) is 0 Å². The molecular formula is C21H24FN3O. The lowest BCUT2D eigenvalue weighted by atomic mass is 9.90. The number of carbonyl (C=O) groups is 1. The molecule has 1 aromatic carbocycles. The minimum Gasteiger partial charge on any atom is -0.342 e. The van der Waals surface area contributed by atoms with E-state index in [1.807, 2.05) is 11.0 Å². The largest absolute Gasteiger partial charge is 0.342 e. The van der Waals surface area contributed by atoms with Gasteiger partial charge in [0.2, 0.25) is 5.91 Å². The van der Waals surface area contributed by atoms with Gasteiger partial charge in [0, 0.05) is 42.9 Å². The number of rotatable bonds is 3. The number of aromatic nitrogens is 2. The Bertz CT molecular complexity index is 788. The first-order valence-corrected chi connectivity index (χ1v) is 9.58. The Morgan fingerprint density at radius 3 is 2.62 bits per heavy atom. The molecular weight excluding hydrogens is 329 g/mol. The molecule has 1 aliphatic heterocycles. The summed E-state index contributed by atoms with van der Waals surface area (Å²) in [5.41, 5.74) is 1.89. The van der Waals surface area contributed by atoms with Gasteiger partial charge in [0.05, 0.1) is 11.4 Å². The number of piperidine rings is 1. The highest BCUT2D eigenvalue weighted by atomic mass is 19.1. The molecule has 1 atom stereocenters. The summed E-state index contributed by atoms with van der Waals surface area (Å²) in [6.45, 7) is 1.48. The van der Waals surface area contributed by atoms with E-state index in [1.54, 1.807) is 24.5 Å². The van der Waals surface area contributed by atoms with Crippen LogP contribution in [0.4, 0.5) is 4.39 Å². The fraction of sp³-hybridized carbons (Fsp3) is 0.476. The van der Waals surface area contributed by atoms with E-state index in [2.05, 4.69) is 9.97 Å². The molecule has 0 N–H and O–H groups in total. The van der Waals surface area contributed by atoms with Crippen molar-refractivity contribution in [1.82, 2.24) is 14.9 Å². The van der Waals surface area contributed by atoms with Gasteiger partial charge in [0.15, 0.2) is 0 Å². The lowest BCUT2D eigenvalue weighted by molar-refractivity contribution is -0.136. The number of benzene rings is 1. The molecule has 1 aromatic heterocycles. The quantitative estimate of drug-likeness (QED) is 0.832. The first kappa shape index (κ1) is 17.1. The van der Waals surface area contributed by atoms with Crippen molar-refractivity contribution in [3.63, 3.8) is 0 Å². The molecule has 1 saturated heterocycles. The highest BCUT2D eigenvalue weighted by Crippen LogP contribution is 2.34. The highest BCUT2D eigenvalue weighted by Gasteiger charge is 2.32. The van der Waals surface area contributed by atoms with Crippen LogP contribution in [0.1, 0.15) is 50.1 Å². The molecule has 0 spiro atoms. The van der Waals surface area contributed by atoms with Crippen LogP contribution in [0.15, 0.2) is 36.7 Å². The van der Waals surface area contributed by atoms with E-state index >= 15 is 0 Å². The number of likely N-dealkylation sites (tertiary alicyclic amines) is 1. The van der Waals surface area contributed by atoms with Gasteiger partial charge >= 0.3 is 0 Å². The topological polar surface area (TPSA) is 46.1 Å². The molecule has 2 aliphatic rings. The van der Waals surface area contributed by atoms with Gasteiger partial charge in [-0.05, 0) is 37.8 Å². The Labute approximate surface area is 153 Å². The maximum absolute atomic E-state index is 14.3. The van der Waals surface area contributed by atoms with Crippen LogP contribution in [-0.2, 0) is 4.79 Å². The molecule has 4 rings (SSSR count). The van der Waals surface area contributed by atoms with Crippen LogP contribution in [0.2, 0.25) is 0 Å². The van der Waals surface area contributed by atoms with Crippen molar-refractivity contribution in [3.8, 4) is 11.3 Å². The van der Waals surface area contributed by atoms with Gasteiger partial charge in [-0.1, -0.05) is 25.0 Å². The van der Waals surface area contributed by atoms with E-state index in [0.717, 1.165) is 50.8 Å². The molecule has 0 radical (unpaired) electrons. The maximum Gasteiger partial charge on any atom is 0.225 e. The third-order valence-electron chi connectivity index (χ3n) is 5.68. The van der Waals surface area contributed by atoms with Crippen LogP contribution in [0.3, 0.4) is 0 Å². The summed E-state index contributed by atoms with van der Waals surface area (Å²) >= 11 is 0. The number of carbonyl (C=O) groups excluding carboxylic acids is 1. The van der Waals surface area contributed by atoms with E-state index in [4.69, 9.17) is 0 Å². The van der Waals surface area contributed by atoms with Crippen LogP contribution in [0.5, 0.6) is 0 Å². The smallest absolute Gasteiger partial charge is 0.225 e. The van der Waals surface area contributed by atoms with E-state index in [9.17, 15) is 9.18 Å². The molecule has 2 heterocycles. The molecule has 136 valence electrons. The number of halogens is 1. The molecule has 1 aliphatic carbocycles. The Balaban J connectivity index is 1.59. The van der Waals surface area contributed by atoms with Crippen molar-refractivity contribution >= 4 is 5.91 Å². The number of hydrogen-bond donors (Lipinski definition) is 0. The fourth-order valence-corrected chi connectivity index (χ4v) is 4.34. The lowest BCUT2D eigenvalue weighted by Gasteiger charge is -2.34. The van der Waals surface area contributed by atoms with Gasteiger partial charge in [0.1, 0.15) is 5.82 Å². The predicted molar refractivity (Wildman–Crippen MR) is 97.9 cm³/mol. The first-order chi connectivity index (χ1) is 12.7. The molecule has 2 fully saturated rings. The third kappa shape index (κ3) is 3.35. The van der Waals surface area contributed by atoms with Crippen molar-refractivity contribution in [3.05, 3.63) is 48.2 Å². The van der Waals surface area contributed by atoms with Crippen molar-refractivity contribution in [2.45, 2.75) is 44.4 Å². The van der Waals surface area contributed by atoms with Gasteiger partial charge in [-0.25, -0.2) is 4.39 Å². The fourth-order valence-electron chi connectivity index (χ4n) is 4.34. The molecule has 1 amide bonds. The zero-order valence-corrected chi connectivity index (χ0v) is 14.9. The normalized spacial score (nSPS) is 21.1. The van der Waals surface area contributed by atoms with Crippen LogP contribution in [0.25, 0.3) is 11.3 Å². The number of nitrogens with zero attached hydrogens (tertiary/aromatic N) is 3. The van der Waals surface area contributed by atoms with E-state index in [0.29, 0.717) is 23.7 Å². The lowest BCUT2D eigenvalue weighted by Crippen LogP contribution is -2.42. The molecule has 4 nitrogen and oxygen atoms in total. The Morgan fingerprint density at radius 1 is 1.04 bits per heavy atom. The summed E-state index contributed by atoms with van der Waals surface area (Å²) in [5.74, 6) is 0.312. The van der Waals surface area contributed by atoms with Crippen LogP contribution < -0.4 is 0 Å². The molecule has 0 bridgehead atoms. The second-order valence-corrected chi connectivity index (χ2v) is 7.37. The molecule has 0 unspecified atom stereocenters. The second-order valence-electron chi connectivity index (χ2n) is 7.37.